The minimum atomic E-state index is 0.649. The fourth-order valence-electron chi connectivity index (χ4n) is 1.67. The minimum Gasteiger partial charge on any atom is -0.609 e. The first-order chi connectivity index (χ1) is 6.86. The normalized spacial score (nSPS) is 13.0. The van der Waals surface area contributed by atoms with Crippen LogP contribution in [-0.2, 0) is 0 Å². The second kappa shape index (κ2) is 2.44. The lowest BCUT2D eigenvalue weighted by Crippen LogP contribution is -1.92. The molecule has 2 heterocycles. The van der Waals surface area contributed by atoms with E-state index in [1.807, 2.05) is 24.3 Å². The van der Waals surface area contributed by atoms with E-state index in [4.69, 9.17) is 0 Å². The number of hydrogen-bond acceptors (Lipinski definition) is 2. The Bertz CT molecular complexity index is 595. The number of rotatable bonds is 0. The summed E-state index contributed by atoms with van der Waals surface area (Å²) in [6.45, 7) is 0. The Labute approximate surface area is 80.2 Å². The van der Waals surface area contributed by atoms with Gasteiger partial charge in [-0.3, -0.25) is 4.98 Å². The zero-order chi connectivity index (χ0) is 9.54. The van der Waals surface area contributed by atoms with Crippen molar-refractivity contribution in [2.24, 2.45) is 0 Å². The van der Waals surface area contributed by atoms with Gasteiger partial charge in [0.2, 0.25) is 5.69 Å². The number of benzene rings is 1. The van der Waals surface area contributed by atoms with Gasteiger partial charge in [-0.25, -0.2) is 0 Å². The van der Waals surface area contributed by atoms with Crippen molar-refractivity contribution in [1.29, 1.82) is 0 Å². The molecule has 3 rings (SSSR count). The largest absolute Gasteiger partial charge is 0.609 e. The summed E-state index contributed by atoms with van der Waals surface area (Å²) in [5.74, 6) is 2.59. The molecule has 3 nitrogen and oxygen atoms in total. The van der Waals surface area contributed by atoms with Crippen molar-refractivity contribution in [2.45, 2.75) is 0 Å². The molecule has 1 aromatic heterocycles. The topological polar surface area (TPSA) is 39.0 Å². The van der Waals surface area contributed by atoms with Crippen molar-refractivity contribution in [3.8, 4) is 0 Å². The number of aromatic nitrogens is 1. The molecule has 0 unspecified atom stereocenters. The molecule has 14 heavy (non-hydrogen) atoms. The van der Waals surface area contributed by atoms with E-state index in [-0.39, 0.29) is 0 Å². The molecule has 0 saturated carbocycles. The fraction of sp³-hybridized carbons (Fsp3) is 0. The maximum atomic E-state index is 11.4. The smallest absolute Gasteiger partial charge is 0.245 e. The van der Waals surface area contributed by atoms with Crippen LogP contribution in [0.15, 0.2) is 30.5 Å². The molecule has 1 aliphatic rings. The van der Waals surface area contributed by atoms with Crippen LogP contribution in [0.1, 0.15) is 5.56 Å². The Balaban J connectivity index is 2.50. The van der Waals surface area contributed by atoms with Crippen molar-refractivity contribution in [3.63, 3.8) is 0 Å². The highest BCUT2D eigenvalue weighted by Gasteiger charge is 2.18. The molecule has 0 amide bonds. The van der Waals surface area contributed by atoms with Gasteiger partial charge in [0, 0.05) is 6.20 Å². The van der Waals surface area contributed by atoms with Gasteiger partial charge in [-0.2, -0.15) is 0 Å². The second-order valence-corrected chi connectivity index (χ2v) is 3.15. The molecule has 2 aromatic rings. The first kappa shape index (κ1) is 7.30. The highest BCUT2D eigenvalue weighted by molar-refractivity contribution is 5.97. The van der Waals surface area contributed by atoms with Crippen LogP contribution in [0.4, 0.5) is 5.69 Å². The van der Waals surface area contributed by atoms with E-state index in [1.165, 1.54) is 0 Å². The maximum absolute atomic E-state index is 11.4. The number of para-hydroxylation sites is 1. The van der Waals surface area contributed by atoms with E-state index in [9.17, 15) is 5.21 Å². The van der Waals surface area contributed by atoms with Crippen molar-refractivity contribution >= 4 is 28.5 Å². The van der Waals surface area contributed by atoms with E-state index in [1.54, 1.807) is 12.3 Å². The Kier molecular flexibility index (Phi) is 1.27. The number of nitrogens with zero attached hydrogens (tertiary/aromatic N) is 2. The van der Waals surface area contributed by atoms with Crippen LogP contribution in [0.25, 0.3) is 17.0 Å². The molecule has 0 saturated heterocycles. The van der Waals surface area contributed by atoms with Gasteiger partial charge < -0.3 is 5.21 Å². The summed E-state index contributed by atoms with van der Waals surface area (Å²) in [5, 5.41) is 12.3. The van der Waals surface area contributed by atoms with Crippen LogP contribution in [-0.4, -0.2) is 15.6 Å². The Morgan fingerprint density at radius 1 is 1.29 bits per heavy atom. The number of hydrogen-bond donors (Lipinski definition) is 0. The third-order valence-corrected chi connectivity index (χ3v) is 2.32. The van der Waals surface area contributed by atoms with E-state index in [2.05, 4.69) is 10.9 Å². The van der Waals surface area contributed by atoms with Gasteiger partial charge >= 0.3 is 0 Å². The lowest BCUT2D eigenvalue weighted by Gasteiger charge is -2.02. The number of pyridine rings is 1. The highest BCUT2D eigenvalue weighted by atomic mass is 16.5. The molecule has 0 fully saturated rings. The average molecular weight is 182 g/mol. The van der Waals surface area contributed by atoms with Crippen LogP contribution in [0.5, 0.6) is 0 Å². The summed E-state index contributed by atoms with van der Waals surface area (Å²) in [5.41, 5.74) is 2.32. The molecule has 0 spiro atoms. The van der Waals surface area contributed by atoms with Crippen LogP contribution in [0.3, 0.4) is 0 Å². The zero-order valence-electron chi connectivity index (χ0n) is 7.27. The van der Waals surface area contributed by atoms with Crippen LogP contribution in [0.2, 0.25) is 0 Å². The summed E-state index contributed by atoms with van der Waals surface area (Å²) >= 11 is 0. The van der Waals surface area contributed by atoms with E-state index < -0.39 is 0 Å². The predicted octanol–water partition coefficient (Wildman–Crippen LogP) is 2.07. The molecule has 0 atom stereocenters. The monoisotopic (exact) mass is 182 g/mol. The lowest BCUT2D eigenvalue weighted by atomic mass is 10.1. The molecule has 0 bridgehead atoms. The van der Waals surface area contributed by atoms with Crippen molar-refractivity contribution in [1.82, 2.24) is 4.98 Å². The lowest BCUT2D eigenvalue weighted by molar-refractivity contribution is -0.347. The SMILES string of the molecule is [O-][N+]1=C=Cc2cnc3ccccc3c21. The first-order valence-electron chi connectivity index (χ1n) is 4.30. The molecule has 0 N–H and O–H groups in total. The summed E-state index contributed by atoms with van der Waals surface area (Å²) in [6, 6.07) is 7.59. The second-order valence-electron chi connectivity index (χ2n) is 3.15. The third kappa shape index (κ3) is 0.817. The Hall–Kier alpha value is -2.12. The minimum absolute atomic E-state index is 0.649. The van der Waals surface area contributed by atoms with Gasteiger partial charge in [-0.1, -0.05) is 12.1 Å². The van der Waals surface area contributed by atoms with E-state index >= 15 is 0 Å². The first-order valence-corrected chi connectivity index (χ1v) is 4.30. The van der Waals surface area contributed by atoms with Crippen molar-refractivity contribution in [3.05, 3.63) is 41.2 Å². The molecular weight excluding hydrogens is 176 g/mol. The zero-order valence-corrected chi connectivity index (χ0v) is 7.27. The van der Waals surface area contributed by atoms with Crippen molar-refractivity contribution < 1.29 is 4.74 Å². The summed E-state index contributed by atoms with van der Waals surface area (Å²) in [4.78, 5) is 4.25. The molecule has 3 heteroatoms. The van der Waals surface area contributed by atoms with Crippen LogP contribution < -0.4 is 0 Å². The maximum Gasteiger partial charge on any atom is 0.245 e. The molecule has 0 radical (unpaired) electrons. The predicted molar refractivity (Wildman–Crippen MR) is 54.5 cm³/mol. The third-order valence-electron chi connectivity index (χ3n) is 2.32. The van der Waals surface area contributed by atoms with Gasteiger partial charge in [0.15, 0.2) is 5.87 Å². The molecule has 66 valence electrons. The van der Waals surface area contributed by atoms with Gasteiger partial charge in [0.05, 0.1) is 22.5 Å². The van der Waals surface area contributed by atoms with E-state index in [0.717, 1.165) is 21.2 Å². The molecular formula is C11H6N2O. The highest BCUT2D eigenvalue weighted by Crippen LogP contribution is 2.30. The van der Waals surface area contributed by atoms with Crippen LogP contribution in [0, 0.1) is 5.21 Å². The summed E-state index contributed by atoms with van der Waals surface area (Å²) in [6.07, 6.45) is 3.35. The van der Waals surface area contributed by atoms with Gasteiger partial charge in [0.25, 0.3) is 0 Å². The standard InChI is InChI=1S/C11H6N2O/c14-13-6-5-8-7-12-10-4-2-1-3-9(10)11(8)13/h1-5,7H. The molecule has 1 aromatic carbocycles. The van der Waals surface area contributed by atoms with Gasteiger partial charge in [0.1, 0.15) is 0 Å². The number of fused-ring (bicyclic) bond motifs is 3. The quantitative estimate of drug-likeness (QED) is 0.462. The molecule has 1 aliphatic heterocycles. The van der Waals surface area contributed by atoms with Crippen LogP contribution >= 0.6 is 0 Å². The van der Waals surface area contributed by atoms with Crippen molar-refractivity contribution in [2.75, 3.05) is 0 Å². The van der Waals surface area contributed by atoms with Gasteiger partial charge in [-0.15, -0.1) is 4.74 Å². The molecule has 0 aliphatic carbocycles. The average Bonchev–Trinajstić information content (AvgIpc) is 2.61. The Morgan fingerprint density at radius 3 is 3.07 bits per heavy atom. The summed E-state index contributed by atoms with van der Waals surface area (Å²) in [7, 11) is 0. The Morgan fingerprint density at radius 2 is 2.14 bits per heavy atom. The summed E-state index contributed by atoms with van der Waals surface area (Å²) < 4.78 is 0.763. The fourth-order valence-corrected chi connectivity index (χ4v) is 1.67. The van der Waals surface area contributed by atoms with E-state index in [0.29, 0.717) is 5.69 Å². The van der Waals surface area contributed by atoms with Gasteiger partial charge in [-0.05, 0) is 12.1 Å².